The number of rotatable bonds is 11. The van der Waals surface area contributed by atoms with Crippen LogP contribution in [0.5, 0.6) is 5.75 Å². The Labute approximate surface area is 181 Å². The molecular formula is C20H36IN3O3. The number of hydrogen-bond acceptors (Lipinski definition) is 4. The normalized spacial score (nSPS) is 11.7. The maximum Gasteiger partial charge on any atom is 0.191 e. The van der Waals surface area contributed by atoms with Gasteiger partial charge in [0, 0.05) is 45.9 Å². The molecule has 6 nitrogen and oxygen atoms in total. The van der Waals surface area contributed by atoms with Crippen molar-refractivity contribution in [2.24, 2.45) is 4.99 Å². The molecule has 0 aromatic heterocycles. The highest BCUT2D eigenvalue weighted by Gasteiger charge is 2.16. The zero-order valence-electron chi connectivity index (χ0n) is 17.6. The fourth-order valence-corrected chi connectivity index (χ4v) is 2.19. The Bertz CT molecular complexity index is 565. The lowest BCUT2D eigenvalue weighted by Gasteiger charge is -2.24. The maximum atomic E-state index is 5.93. The highest BCUT2D eigenvalue weighted by molar-refractivity contribution is 14.0. The number of hydrogen-bond donors (Lipinski definition) is 2. The van der Waals surface area contributed by atoms with Crippen molar-refractivity contribution in [1.29, 1.82) is 0 Å². The Balaban J connectivity index is 0.00000676. The van der Waals surface area contributed by atoms with Gasteiger partial charge < -0.3 is 24.8 Å². The van der Waals surface area contributed by atoms with Crippen molar-refractivity contribution in [3.63, 3.8) is 0 Å². The summed E-state index contributed by atoms with van der Waals surface area (Å²) >= 11 is 0. The number of methoxy groups -OCH3 is 2. The second-order valence-corrected chi connectivity index (χ2v) is 6.82. The Morgan fingerprint density at radius 2 is 1.89 bits per heavy atom. The van der Waals surface area contributed by atoms with Crippen LogP contribution in [0.3, 0.4) is 0 Å². The van der Waals surface area contributed by atoms with Gasteiger partial charge in [0.15, 0.2) is 5.96 Å². The van der Waals surface area contributed by atoms with Crippen molar-refractivity contribution in [2.45, 2.75) is 46.3 Å². The van der Waals surface area contributed by atoms with Gasteiger partial charge in [-0.05, 0) is 39.3 Å². The molecule has 0 spiro atoms. The van der Waals surface area contributed by atoms with E-state index in [1.165, 1.54) is 5.56 Å². The SMILES string of the molecule is CCNC(=NCc1ccc(C)cc1OCCCOC)NCC(C)(C)OC.I. The second kappa shape index (κ2) is 14.0. The fraction of sp³-hybridized carbons (Fsp3) is 0.650. The molecule has 156 valence electrons. The van der Waals surface area contributed by atoms with Crippen molar-refractivity contribution in [1.82, 2.24) is 10.6 Å². The molecule has 0 atom stereocenters. The minimum Gasteiger partial charge on any atom is -0.493 e. The molecule has 0 saturated heterocycles. The Hall–Kier alpha value is -1.06. The van der Waals surface area contributed by atoms with E-state index in [4.69, 9.17) is 14.2 Å². The van der Waals surface area contributed by atoms with Gasteiger partial charge in [0.05, 0.1) is 18.8 Å². The summed E-state index contributed by atoms with van der Waals surface area (Å²) in [4.78, 5) is 4.69. The highest BCUT2D eigenvalue weighted by atomic mass is 127. The predicted octanol–water partition coefficient (Wildman–Crippen LogP) is 3.51. The molecule has 0 radical (unpaired) electrons. The first kappa shape index (κ1) is 25.9. The number of aliphatic imine (C=N–C) groups is 1. The van der Waals surface area contributed by atoms with E-state index in [0.29, 0.717) is 26.3 Å². The Morgan fingerprint density at radius 1 is 1.15 bits per heavy atom. The molecule has 7 heteroatoms. The number of nitrogens with zero attached hydrogens (tertiary/aromatic N) is 1. The molecule has 27 heavy (non-hydrogen) atoms. The summed E-state index contributed by atoms with van der Waals surface area (Å²) in [5, 5.41) is 6.60. The Kier molecular flexibility index (Phi) is 13.5. The van der Waals surface area contributed by atoms with Crippen LogP contribution in [0, 0.1) is 6.92 Å². The van der Waals surface area contributed by atoms with Crippen LogP contribution in [-0.4, -0.2) is 52.1 Å². The van der Waals surface area contributed by atoms with Crippen molar-refractivity contribution >= 4 is 29.9 Å². The fourth-order valence-electron chi connectivity index (χ4n) is 2.19. The van der Waals surface area contributed by atoms with E-state index in [9.17, 15) is 0 Å². The van der Waals surface area contributed by atoms with E-state index in [1.807, 2.05) is 13.8 Å². The summed E-state index contributed by atoms with van der Waals surface area (Å²) in [6.45, 7) is 11.5. The van der Waals surface area contributed by atoms with Crippen LogP contribution in [0.4, 0.5) is 0 Å². The molecule has 2 N–H and O–H groups in total. The van der Waals surface area contributed by atoms with Gasteiger partial charge >= 0.3 is 0 Å². The third-order valence-electron chi connectivity index (χ3n) is 3.96. The molecule has 0 amide bonds. The monoisotopic (exact) mass is 493 g/mol. The lowest BCUT2D eigenvalue weighted by Crippen LogP contribution is -2.45. The average Bonchev–Trinajstić information content (AvgIpc) is 2.62. The average molecular weight is 493 g/mol. The number of guanidine groups is 1. The standard InChI is InChI=1S/C20H35N3O3.HI/c1-7-21-19(23-15-20(3,4)25-6)22-14-17-10-9-16(2)13-18(17)26-12-8-11-24-5;/h9-10,13H,7-8,11-12,14-15H2,1-6H3,(H2,21,22,23);1H. The first-order valence-electron chi connectivity index (χ1n) is 9.20. The summed E-state index contributed by atoms with van der Waals surface area (Å²) in [6, 6.07) is 6.22. The van der Waals surface area contributed by atoms with Gasteiger partial charge in [-0.2, -0.15) is 0 Å². The van der Waals surface area contributed by atoms with Gasteiger partial charge in [-0.15, -0.1) is 24.0 Å². The topological polar surface area (TPSA) is 64.1 Å². The molecule has 0 aliphatic heterocycles. The second-order valence-electron chi connectivity index (χ2n) is 6.82. The van der Waals surface area contributed by atoms with E-state index in [2.05, 4.69) is 47.7 Å². The van der Waals surface area contributed by atoms with Gasteiger partial charge in [-0.25, -0.2) is 4.99 Å². The lowest BCUT2D eigenvalue weighted by atomic mass is 10.1. The smallest absolute Gasteiger partial charge is 0.191 e. The number of halogens is 1. The number of nitrogens with one attached hydrogen (secondary N) is 2. The van der Waals surface area contributed by atoms with E-state index in [0.717, 1.165) is 30.2 Å². The molecule has 0 heterocycles. The zero-order chi connectivity index (χ0) is 19.4. The first-order chi connectivity index (χ1) is 12.4. The molecule has 0 fully saturated rings. The van der Waals surface area contributed by atoms with Gasteiger partial charge in [-0.1, -0.05) is 12.1 Å². The van der Waals surface area contributed by atoms with Crippen LogP contribution in [0.1, 0.15) is 38.3 Å². The van der Waals surface area contributed by atoms with Crippen molar-refractivity contribution in [3.05, 3.63) is 29.3 Å². The van der Waals surface area contributed by atoms with Crippen molar-refractivity contribution in [2.75, 3.05) is 40.5 Å². The first-order valence-corrected chi connectivity index (χ1v) is 9.20. The quantitative estimate of drug-likeness (QED) is 0.214. The van der Waals surface area contributed by atoms with Crippen molar-refractivity contribution in [3.8, 4) is 5.75 Å². The molecule has 1 aromatic carbocycles. The minimum atomic E-state index is -0.254. The number of ether oxygens (including phenoxy) is 3. The highest BCUT2D eigenvalue weighted by Crippen LogP contribution is 2.21. The zero-order valence-corrected chi connectivity index (χ0v) is 19.9. The maximum absolute atomic E-state index is 5.93. The third kappa shape index (κ3) is 10.8. The molecule has 0 unspecified atom stereocenters. The summed E-state index contributed by atoms with van der Waals surface area (Å²) in [6.07, 6.45) is 0.865. The summed E-state index contributed by atoms with van der Waals surface area (Å²) in [7, 11) is 3.41. The summed E-state index contributed by atoms with van der Waals surface area (Å²) < 4.78 is 16.5. The van der Waals surface area contributed by atoms with Crippen LogP contribution in [0.25, 0.3) is 0 Å². The van der Waals surface area contributed by atoms with Gasteiger partial charge in [0.2, 0.25) is 0 Å². The van der Waals surface area contributed by atoms with Crippen molar-refractivity contribution < 1.29 is 14.2 Å². The van der Waals surface area contributed by atoms with Gasteiger partial charge in [0.1, 0.15) is 5.75 Å². The summed E-state index contributed by atoms with van der Waals surface area (Å²) in [5.41, 5.74) is 1.98. The summed E-state index contributed by atoms with van der Waals surface area (Å²) in [5.74, 6) is 1.65. The van der Waals surface area contributed by atoms with Crippen LogP contribution < -0.4 is 15.4 Å². The molecule has 0 aliphatic carbocycles. The number of benzene rings is 1. The van der Waals surface area contributed by atoms with Crippen LogP contribution in [0.2, 0.25) is 0 Å². The van der Waals surface area contributed by atoms with Gasteiger partial charge in [0.25, 0.3) is 0 Å². The molecule has 1 rings (SSSR count). The molecule has 0 saturated carbocycles. The van der Waals surface area contributed by atoms with Gasteiger partial charge in [-0.3, -0.25) is 0 Å². The lowest BCUT2D eigenvalue weighted by molar-refractivity contribution is 0.0268. The molecule has 1 aromatic rings. The van der Waals surface area contributed by atoms with E-state index in [-0.39, 0.29) is 29.6 Å². The van der Waals surface area contributed by atoms with Crippen LogP contribution in [-0.2, 0) is 16.0 Å². The minimum absolute atomic E-state index is 0. The Morgan fingerprint density at radius 3 is 2.52 bits per heavy atom. The van der Waals surface area contributed by atoms with E-state index < -0.39 is 0 Å². The molecule has 0 aliphatic rings. The van der Waals surface area contributed by atoms with Crippen LogP contribution in [0.15, 0.2) is 23.2 Å². The molecular weight excluding hydrogens is 457 g/mol. The van der Waals surface area contributed by atoms with E-state index in [1.54, 1.807) is 14.2 Å². The molecule has 0 bridgehead atoms. The number of aryl methyl sites for hydroxylation is 1. The largest absolute Gasteiger partial charge is 0.493 e. The third-order valence-corrected chi connectivity index (χ3v) is 3.96. The van der Waals surface area contributed by atoms with Crippen LogP contribution >= 0.6 is 24.0 Å². The predicted molar refractivity (Wildman–Crippen MR) is 122 cm³/mol. The van der Waals surface area contributed by atoms with E-state index >= 15 is 0 Å².